The minimum Gasteiger partial charge on any atom is -0.507 e. The highest BCUT2D eigenvalue weighted by Crippen LogP contribution is 2.39. The highest BCUT2D eigenvalue weighted by molar-refractivity contribution is 7.11. The fourth-order valence-corrected chi connectivity index (χ4v) is 5.96. The molecule has 0 saturated carbocycles. The van der Waals surface area contributed by atoms with Gasteiger partial charge in [-0.3, -0.25) is 9.59 Å². The van der Waals surface area contributed by atoms with E-state index >= 15 is 0 Å². The number of thiophene rings is 1. The Hall–Kier alpha value is -5.19. The number of aromatic hydroxyl groups is 2. The molecular formula is C36H33ClO9S. The van der Waals surface area contributed by atoms with Gasteiger partial charge in [-0.05, 0) is 84.5 Å². The van der Waals surface area contributed by atoms with Crippen molar-refractivity contribution in [1.82, 2.24) is 0 Å². The summed E-state index contributed by atoms with van der Waals surface area (Å²) in [4.78, 5) is 48.1. The van der Waals surface area contributed by atoms with Crippen molar-refractivity contribution in [2.75, 3.05) is 7.11 Å². The molecule has 1 aromatic heterocycles. The molecule has 0 radical (unpaired) electrons. The molecule has 1 heterocycles. The molecule has 0 aliphatic rings. The third-order valence-corrected chi connectivity index (χ3v) is 8.39. The summed E-state index contributed by atoms with van der Waals surface area (Å²) in [5, 5.41) is 40.7. The van der Waals surface area contributed by atoms with Crippen LogP contribution in [-0.4, -0.2) is 51.0 Å². The van der Waals surface area contributed by atoms with E-state index in [0.717, 1.165) is 16.0 Å². The summed E-state index contributed by atoms with van der Waals surface area (Å²) in [7, 11) is 1.24. The minimum atomic E-state index is -1.23. The van der Waals surface area contributed by atoms with Crippen LogP contribution in [0.4, 0.5) is 0 Å². The molecule has 0 aliphatic heterocycles. The van der Waals surface area contributed by atoms with Gasteiger partial charge in [0.25, 0.3) is 0 Å². The highest BCUT2D eigenvalue weighted by atomic mass is 35.5. The van der Waals surface area contributed by atoms with Gasteiger partial charge in [-0.2, -0.15) is 0 Å². The summed E-state index contributed by atoms with van der Waals surface area (Å²) in [6.45, 7) is 6.98. The molecule has 4 rings (SSSR count). The first-order chi connectivity index (χ1) is 22.2. The van der Waals surface area contributed by atoms with Crippen molar-refractivity contribution in [3.63, 3.8) is 0 Å². The smallest absolute Gasteiger partial charge is 0.339 e. The topological polar surface area (TPSA) is 158 Å². The van der Waals surface area contributed by atoms with E-state index < -0.39 is 23.5 Å². The van der Waals surface area contributed by atoms with Crippen molar-refractivity contribution in [3.05, 3.63) is 120 Å². The fourth-order valence-electron chi connectivity index (χ4n) is 4.74. The third kappa shape index (κ3) is 8.55. The molecule has 9 nitrogen and oxygen atoms in total. The molecule has 4 aromatic rings. The lowest BCUT2D eigenvalue weighted by atomic mass is 9.93. The van der Waals surface area contributed by atoms with E-state index in [1.807, 2.05) is 13.8 Å². The quantitative estimate of drug-likeness (QED) is 0.0955. The summed E-state index contributed by atoms with van der Waals surface area (Å²) in [5.74, 6) is -3.71. The molecule has 0 amide bonds. The summed E-state index contributed by atoms with van der Waals surface area (Å²) in [6, 6.07) is 13.2. The molecule has 0 unspecified atom stereocenters. The van der Waals surface area contributed by atoms with Crippen molar-refractivity contribution in [2.24, 2.45) is 0 Å². The third-order valence-electron chi connectivity index (χ3n) is 7.18. The van der Waals surface area contributed by atoms with E-state index in [0.29, 0.717) is 16.1 Å². The average molecular weight is 677 g/mol. The zero-order valence-corrected chi connectivity index (χ0v) is 27.8. The number of phenolic OH excluding ortho intramolecular Hbond substituents is 2. The molecule has 244 valence electrons. The monoisotopic (exact) mass is 676 g/mol. The number of benzene rings is 3. The van der Waals surface area contributed by atoms with Gasteiger partial charge in [-0.25, -0.2) is 9.59 Å². The van der Waals surface area contributed by atoms with Gasteiger partial charge in [-0.1, -0.05) is 55.8 Å². The summed E-state index contributed by atoms with van der Waals surface area (Å²) < 4.78 is 5.02. The van der Waals surface area contributed by atoms with Gasteiger partial charge < -0.3 is 25.2 Å². The van der Waals surface area contributed by atoms with Crippen LogP contribution < -0.4 is 4.74 Å². The van der Waals surface area contributed by atoms with Crippen LogP contribution in [0.1, 0.15) is 88.3 Å². The number of rotatable bonds is 10. The number of methoxy groups -OCH3 is 1. The van der Waals surface area contributed by atoms with Crippen molar-refractivity contribution >= 4 is 58.6 Å². The van der Waals surface area contributed by atoms with Crippen molar-refractivity contribution in [3.8, 4) is 17.2 Å². The summed E-state index contributed by atoms with van der Waals surface area (Å²) in [5.41, 5.74) is 2.60. The number of carboxylic acid groups (broad SMARTS) is 2. The standard InChI is InChI=1S/C19H17ClO5.C17H16O4S/c1-10-11(2)16(19(23)24)18(25-3)17(22)15(10)14(21)9-6-12-4-7-13(20)8-5-12;1-10(2)16-12(17(20)21)9-22-15(16)8-7-14(19)11-5-3-4-6-13(11)18/h4-9,22H,1-3H3,(H,23,24);3-10,18H,1-2H3,(H,20,21). The number of halogens is 1. The van der Waals surface area contributed by atoms with Crippen LogP contribution in [0.15, 0.2) is 66.1 Å². The molecule has 0 spiro atoms. The number of carboxylic acids is 2. The molecule has 47 heavy (non-hydrogen) atoms. The Morgan fingerprint density at radius 2 is 1.40 bits per heavy atom. The normalized spacial score (nSPS) is 11.0. The SMILES string of the molecule is CC(C)c1c(C(=O)O)csc1C=CC(=O)c1ccccc1O.COc1c(O)c(C(=O)C=Cc2ccc(Cl)cc2)c(C)c(C)c1C(=O)O. The number of hydrogen-bond acceptors (Lipinski definition) is 8. The minimum absolute atomic E-state index is 0.0181. The predicted molar refractivity (Wildman–Crippen MR) is 183 cm³/mol. The molecular weight excluding hydrogens is 644 g/mol. The van der Waals surface area contributed by atoms with Gasteiger partial charge in [0.1, 0.15) is 11.3 Å². The molecule has 11 heteroatoms. The lowest BCUT2D eigenvalue weighted by Gasteiger charge is -2.16. The Kier molecular flexibility index (Phi) is 12.3. The van der Waals surface area contributed by atoms with Crippen molar-refractivity contribution < 1.29 is 44.3 Å². The van der Waals surface area contributed by atoms with Crippen LogP contribution in [0, 0.1) is 13.8 Å². The van der Waals surface area contributed by atoms with Crippen molar-refractivity contribution in [2.45, 2.75) is 33.6 Å². The van der Waals surface area contributed by atoms with E-state index in [-0.39, 0.29) is 45.5 Å². The number of para-hydroxylation sites is 1. The van der Waals surface area contributed by atoms with Gasteiger partial charge >= 0.3 is 11.9 Å². The number of hydrogen-bond donors (Lipinski definition) is 4. The molecule has 4 N–H and O–H groups in total. The highest BCUT2D eigenvalue weighted by Gasteiger charge is 2.27. The van der Waals surface area contributed by atoms with Gasteiger partial charge in [0.15, 0.2) is 23.1 Å². The largest absolute Gasteiger partial charge is 0.507 e. The molecule has 0 fully saturated rings. The first-order valence-corrected chi connectivity index (χ1v) is 15.4. The number of ether oxygens (including phenoxy) is 1. The van der Waals surface area contributed by atoms with E-state index in [4.69, 9.17) is 16.3 Å². The maximum absolute atomic E-state index is 12.6. The maximum atomic E-state index is 12.6. The number of phenols is 2. The Morgan fingerprint density at radius 3 is 1.96 bits per heavy atom. The van der Waals surface area contributed by atoms with E-state index in [9.17, 15) is 39.6 Å². The number of aromatic carboxylic acids is 2. The first kappa shape index (κ1) is 36.3. The van der Waals surface area contributed by atoms with Gasteiger partial charge in [-0.15, -0.1) is 11.3 Å². The van der Waals surface area contributed by atoms with Gasteiger partial charge in [0.2, 0.25) is 0 Å². The van der Waals surface area contributed by atoms with Crippen LogP contribution in [0.3, 0.4) is 0 Å². The zero-order chi connectivity index (χ0) is 35.0. The molecule has 0 bridgehead atoms. The number of allylic oxidation sites excluding steroid dienone is 2. The molecule has 0 atom stereocenters. The zero-order valence-electron chi connectivity index (χ0n) is 26.2. The summed E-state index contributed by atoms with van der Waals surface area (Å²) in [6.07, 6.45) is 5.87. The Balaban J connectivity index is 0.000000257. The number of carbonyl (C=O) groups excluding carboxylic acids is 2. The average Bonchev–Trinajstić information content (AvgIpc) is 3.46. The second-order valence-corrected chi connectivity index (χ2v) is 11.9. The number of ketones is 2. The van der Waals surface area contributed by atoms with Gasteiger partial charge in [0, 0.05) is 15.3 Å². The lowest BCUT2D eigenvalue weighted by molar-refractivity contribution is 0.0682. The van der Waals surface area contributed by atoms with E-state index in [1.165, 1.54) is 36.7 Å². The first-order valence-electron chi connectivity index (χ1n) is 14.2. The Morgan fingerprint density at radius 1 is 0.809 bits per heavy atom. The van der Waals surface area contributed by atoms with Crippen LogP contribution in [0.2, 0.25) is 5.02 Å². The second kappa shape index (κ2) is 15.9. The fraction of sp³-hybridized carbons (Fsp3) is 0.167. The van der Waals surface area contributed by atoms with E-state index in [2.05, 4.69) is 0 Å². The molecule has 0 saturated heterocycles. The van der Waals surface area contributed by atoms with Crippen molar-refractivity contribution in [1.29, 1.82) is 0 Å². The Bertz CT molecular complexity index is 1880. The van der Waals surface area contributed by atoms with Crippen LogP contribution in [-0.2, 0) is 0 Å². The van der Waals surface area contributed by atoms with Gasteiger partial charge in [0.05, 0.1) is 23.8 Å². The van der Waals surface area contributed by atoms with E-state index in [1.54, 1.807) is 73.8 Å². The lowest BCUT2D eigenvalue weighted by Crippen LogP contribution is -2.10. The second-order valence-electron chi connectivity index (χ2n) is 10.5. The molecule has 3 aromatic carbocycles. The Labute approximate surface area is 280 Å². The van der Waals surface area contributed by atoms with Crippen LogP contribution >= 0.6 is 22.9 Å². The maximum Gasteiger partial charge on any atom is 0.339 e. The summed E-state index contributed by atoms with van der Waals surface area (Å²) >= 11 is 7.11. The van der Waals surface area contributed by atoms with Crippen LogP contribution in [0.5, 0.6) is 17.2 Å². The predicted octanol–water partition coefficient (Wildman–Crippen LogP) is 8.44. The number of carbonyl (C=O) groups is 4. The van der Waals surface area contributed by atoms with Crippen LogP contribution in [0.25, 0.3) is 12.2 Å². The molecule has 0 aliphatic carbocycles.